The highest BCUT2D eigenvalue weighted by Crippen LogP contribution is 2.44. The first kappa shape index (κ1) is 23.0. The van der Waals surface area contributed by atoms with Gasteiger partial charge < -0.3 is 18.6 Å². The quantitative estimate of drug-likeness (QED) is 0.253. The van der Waals surface area contributed by atoms with Crippen molar-refractivity contribution in [1.82, 2.24) is 0 Å². The molecule has 2 aliphatic rings. The highest BCUT2D eigenvalue weighted by Gasteiger charge is 2.48. The van der Waals surface area contributed by atoms with Crippen LogP contribution in [-0.2, 0) is 12.0 Å². The second-order valence-electron chi connectivity index (χ2n) is 11.6. The lowest BCUT2D eigenvalue weighted by Crippen LogP contribution is -2.61. The molecule has 0 saturated heterocycles. The SMILES string of the molecule is Cc1cc2c(o1)B1c3oc(C)cc3N(c3ccccc3)c3cc(C(C)(C)C)cc(c31)N2Cc1ccccc1. The summed E-state index contributed by atoms with van der Waals surface area (Å²) < 4.78 is 13.0. The van der Waals surface area contributed by atoms with Gasteiger partial charge in [0.15, 0.2) is 0 Å². The molecule has 0 bridgehead atoms. The van der Waals surface area contributed by atoms with Crippen molar-refractivity contribution in [3.05, 3.63) is 108 Å². The summed E-state index contributed by atoms with van der Waals surface area (Å²) in [5, 5.41) is 0. The fraction of sp³-hybridized carbons (Fsp3) is 0.212. The van der Waals surface area contributed by atoms with Crippen LogP contribution in [0.3, 0.4) is 0 Å². The number of benzene rings is 3. The van der Waals surface area contributed by atoms with Gasteiger partial charge in [0.1, 0.15) is 22.8 Å². The van der Waals surface area contributed by atoms with Gasteiger partial charge in [-0.15, -0.1) is 0 Å². The van der Waals surface area contributed by atoms with Crippen molar-refractivity contribution in [2.45, 2.75) is 46.6 Å². The lowest BCUT2D eigenvalue weighted by molar-refractivity contribution is 0.553. The first-order valence-electron chi connectivity index (χ1n) is 13.4. The lowest BCUT2D eigenvalue weighted by atomic mass is 9.37. The van der Waals surface area contributed by atoms with E-state index in [4.69, 9.17) is 8.83 Å². The molecule has 0 N–H and O–H groups in total. The molecule has 0 unspecified atom stereocenters. The number of anilines is 5. The number of hydrogen-bond acceptors (Lipinski definition) is 4. The zero-order chi connectivity index (χ0) is 26.2. The van der Waals surface area contributed by atoms with E-state index in [0.717, 1.165) is 46.4 Å². The van der Waals surface area contributed by atoms with Crippen molar-refractivity contribution in [3.8, 4) is 0 Å². The molecule has 5 aromatic rings. The third-order valence-electron chi connectivity index (χ3n) is 7.80. The molecule has 2 aliphatic heterocycles. The predicted molar refractivity (Wildman–Crippen MR) is 157 cm³/mol. The van der Waals surface area contributed by atoms with Gasteiger partial charge in [-0.2, -0.15) is 0 Å². The molecular weight excluding hydrogens is 467 g/mol. The smallest absolute Gasteiger partial charge is 0.342 e. The summed E-state index contributed by atoms with van der Waals surface area (Å²) >= 11 is 0. The van der Waals surface area contributed by atoms with Crippen molar-refractivity contribution in [1.29, 1.82) is 0 Å². The van der Waals surface area contributed by atoms with E-state index in [1.54, 1.807) is 0 Å². The van der Waals surface area contributed by atoms with Crippen molar-refractivity contribution in [2.24, 2.45) is 0 Å². The molecule has 5 heteroatoms. The molecule has 0 amide bonds. The Hall–Kier alpha value is -4.12. The Labute approximate surface area is 224 Å². The van der Waals surface area contributed by atoms with Gasteiger partial charge >= 0.3 is 6.71 Å². The number of hydrogen-bond donors (Lipinski definition) is 0. The molecule has 188 valence electrons. The molecule has 0 aliphatic carbocycles. The average Bonchev–Trinajstić information content (AvgIpc) is 3.47. The molecule has 0 atom stereocenters. The second kappa shape index (κ2) is 8.19. The monoisotopic (exact) mass is 498 g/mol. The molecule has 4 heterocycles. The Balaban J connectivity index is 1.57. The van der Waals surface area contributed by atoms with Gasteiger partial charge in [-0.25, -0.2) is 0 Å². The maximum absolute atomic E-state index is 6.51. The minimum Gasteiger partial charge on any atom is -0.473 e. The third-order valence-corrected chi connectivity index (χ3v) is 7.80. The van der Waals surface area contributed by atoms with Gasteiger partial charge in [-0.1, -0.05) is 69.3 Å². The van der Waals surface area contributed by atoms with E-state index in [1.807, 2.05) is 13.8 Å². The number of aryl methyl sites for hydroxylation is 2. The summed E-state index contributed by atoms with van der Waals surface area (Å²) in [4.78, 5) is 4.81. The van der Waals surface area contributed by atoms with Crippen LogP contribution in [0.15, 0.2) is 93.8 Å². The third kappa shape index (κ3) is 3.45. The Morgan fingerprint density at radius 3 is 1.92 bits per heavy atom. The van der Waals surface area contributed by atoms with Crippen LogP contribution < -0.4 is 26.6 Å². The summed E-state index contributed by atoms with van der Waals surface area (Å²) in [6.07, 6.45) is 0. The molecule has 0 fully saturated rings. The van der Waals surface area contributed by atoms with Crippen molar-refractivity contribution in [2.75, 3.05) is 9.80 Å². The maximum atomic E-state index is 6.51. The van der Waals surface area contributed by atoms with E-state index < -0.39 is 0 Å². The van der Waals surface area contributed by atoms with Crippen LogP contribution >= 0.6 is 0 Å². The van der Waals surface area contributed by atoms with Crippen LogP contribution in [0.2, 0.25) is 0 Å². The van der Waals surface area contributed by atoms with Crippen LogP contribution in [0.25, 0.3) is 0 Å². The minimum atomic E-state index is -0.103. The Morgan fingerprint density at radius 2 is 1.26 bits per heavy atom. The summed E-state index contributed by atoms with van der Waals surface area (Å²) in [5.74, 6) is 1.81. The van der Waals surface area contributed by atoms with E-state index in [1.165, 1.54) is 28.0 Å². The average molecular weight is 498 g/mol. The molecular formula is C33H31BN2O2. The molecule has 0 radical (unpaired) electrons. The second-order valence-corrected chi connectivity index (χ2v) is 11.6. The van der Waals surface area contributed by atoms with E-state index in [0.29, 0.717) is 0 Å². The zero-order valence-corrected chi connectivity index (χ0v) is 22.6. The fourth-order valence-electron chi connectivity index (χ4n) is 6.03. The predicted octanol–water partition coefficient (Wildman–Crippen LogP) is 6.74. The van der Waals surface area contributed by atoms with Crippen LogP contribution in [0.5, 0.6) is 0 Å². The molecule has 2 aromatic heterocycles. The highest BCUT2D eigenvalue weighted by molar-refractivity contribution is 6.98. The number of furan rings is 2. The molecule has 38 heavy (non-hydrogen) atoms. The molecule has 4 nitrogen and oxygen atoms in total. The maximum Gasteiger partial charge on any atom is 0.342 e. The normalized spacial score (nSPS) is 13.9. The Bertz CT molecular complexity index is 1660. The lowest BCUT2D eigenvalue weighted by Gasteiger charge is -2.41. The van der Waals surface area contributed by atoms with Gasteiger partial charge in [0, 0.05) is 35.7 Å². The van der Waals surface area contributed by atoms with Crippen LogP contribution in [0, 0.1) is 13.8 Å². The van der Waals surface area contributed by atoms with Crippen LogP contribution in [0.1, 0.15) is 43.4 Å². The van der Waals surface area contributed by atoms with Crippen molar-refractivity contribution < 1.29 is 8.83 Å². The van der Waals surface area contributed by atoms with E-state index in [2.05, 4.69) is 116 Å². The van der Waals surface area contributed by atoms with Gasteiger partial charge in [0.25, 0.3) is 0 Å². The largest absolute Gasteiger partial charge is 0.473 e. The summed E-state index contributed by atoms with van der Waals surface area (Å²) in [5.41, 5.74) is 11.4. The first-order chi connectivity index (χ1) is 18.3. The number of fused-ring (bicyclic) bond motifs is 4. The van der Waals surface area contributed by atoms with Crippen molar-refractivity contribution in [3.63, 3.8) is 0 Å². The van der Waals surface area contributed by atoms with Gasteiger partial charge in [-0.05, 0) is 60.1 Å². The van der Waals surface area contributed by atoms with Gasteiger partial charge in [-0.3, -0.25) is 0 Å². The fourth-order valence-corrected chi connectivity index (χ4v) is 6.03. The first-order valence-corrected chi connectivity index (χ1v) is 13.4. The zero-order valence-electron chi connectivity index (χ0n) is 22.6. The van der Waals surface area contributed by atoms with E-state index in [-0.39, 0.29) is 12.1 Å². The molecule has 0 saturated carbocycles. The molecule has 0 spiro atoms. The topological polar surface area (TPSA) is 32.8 Å². The number of nitrogens with zero attached hydrogens (tertiary/aromatic N) is 2. The standard InChI is InChI=1S/C33H31BN2O2/c1-21-16-28-31(37-21)34-30-26(35(28)20-23-12-8-6-9-13-23)18-24(33(3,4)5)19-27(30)36(25-14-10-7-11-15-25)29-17-22(2)38-32(29)34/h6-19H,20H2,1-5H3. The highest BCUT2D eigenvalue weighted by atomic mass is 16.4. The summed E-state index contributed by atoms with van der Waals surface area (Å²) in [6, 6.07) is 30.4. The van der Waals surface area contributed by atoms with Crippen molar-refractivity contribution >= 4 is 51.9 Å². The Morgan fingerprint density at radius 1 is 0.684 bits per heavy atom. The van der Waals surface area contributed by atoms with E-state index >= 15 is 0 Å². The number of rotatable bonds is 3. The summed E-state index contributed by atoms with van der Waals surface area (Å²) in [6.45, 7) is 11.6. The Kier molecular flexibility index (Phi) is 4.97. The summed E-state index contributed by atoms with van der Waals surface area (Å²) in [7, 11) is 0. The number of para-hydroxylation sites is 1. The molecule has 7 rings (SSSR count). The van der Waals surface area contributed by atoms with Crippen LogP contribution in [-0.4, -0.2) is 6.71 Å². The van der Waals surface area contributed by atoms with Gasteiger partial charge in [0.05, 0.1) is 11.4 Å². The van der Waals surface area contributed by atoms with E-state index in [9.17, 15) is 0 Å². The molecule has 3 aromatic carbocycles. The van der Waals surface area contributed by atoms with Gasteiger partial charge in [0.2, 0.25) is 0 Å². The van der Waals surface area contributed by atoms with Crippen LogP contribution in [0.4, 0.5) is 28.4 Å². The minimum absolute atomic E-state index is 0.0268.